The molecule has 16 heavy (non-hydrogen) atoms. The van der Waals surface area contributed by atoms with Crippen molar-refractivity contribution in [2.45, 2.75) is 6.42 Å². The minimum Gasteiger partial charge on any atom is -0.464 e. The lowest BCUT2D eigenvalue weighted by Crippen LogP contribution is -2.21. The zero-order chi connectivity index (χ0) is 11.0. The van der Waals surface area contributed by atoms with Crippen LogP contribution in [0.5, 0.6) is 0 Å². The minimum absolute atomic E-state index is 0.260. The van der Waals surface area contributed by atoms with Crippen molar-refractivity contribution in [3.8, 4) is 0 Å². The highest BCUT2D eigenvalue weighted by atomic mass is 19.1. The van der Waals surface area contributed by atoms with Crippen LogP contribution in [0.25, 0.3) is 16.5 Å². The molecule has 0 saturated heterocycles. The number of hydrogen-bond donors (Lipinski definition) is 1. The lowest BCUT2D eigenvalue weighted by Gasteiger charge is -2.12. The van der Waals surface area contributed by atoms with Gasteiger partial charge in [0, 0.05) is 23.6 Å². The summed E-state index contributed by atoms with van der Waals surface area (Å²) in [5.74, 6) is -0.260. The Kier molecular flexibility index (Phi) is 2.26. The summed E-state index contributed by atoms with van der Waals surface area (Å²) < 4.78 is 18.4. The van der Waals surface area contributed by atoms with E-state index in [4.69, 9.17) is 4.42 Å². The van der Waals surface area contributed by atoms with Crippen molar-refractivity contribution >= 4 is 16.5 Å². The van der Waals surface area contributed by atoms with Crippen molar-refractivity contribution in [1.29, 1.82) is 0 Å². The van der Waals surface area contributed by atoms with Crippen LogP contribution in [0.1, 0.15) is 12.0 Å². The second-order valence-corrected chi connectivity index (χ2v) is 3.98. The van der Waals surface area contributed by atoms with E-state index >= 15 is 0 Å². The molecule has 2 aromatic rings. The second kappa shape index (κ2) is 3.76. The molecule has 1 aromatic heterocycles. The van der Waals surface area contributed by atoms with E-state index in [0.717, 1.165) is 30.5 Å². The largest absolute Gasteiger partial charge is 0.464 e. The SMILES string of the molecule is Fc1ccc2c(C3=CCCNC3)coc2c1. The van der Waals surface area contributed by atoms with Crippen LogP contribution in [0.2, 0.25) is 0 Å². The number of rotatable bonds is 1. The maximum absolute atomic E-state index is 13.0. The van der Waals surface area contributed by atoms with Gasteiger partial charge in [-0.1, -0.05) is 6.08 Å². The zero-order valence-electron chi connectivity index (χ0n) is 8.79. The van der Waals surface area contributed by atoms with Gasteiger partial charge in [-0.15, -0.1) is 0 Å². The van der Waals surface area contributed by atoms with Crippen LogP contribution in [0.4, 0.5) is 4.39 Å². The van der Waals surface area contributed by atoms with Gasteiger partial charge in [0.25, 0.3) is 0 Å². The molecule has 0 saturated carbocycles. The molecule has 0 fully saturated rings. The number of benzene rings is 1. The standard InChI is InChI=1S/C13H12FNO/c14-10-3-4-11-12(8-16-13(11)6-10)9-2-1-5-15-7-9/h2-4,6,8,15H,1,5,7H2. The Morgan fingerprint density at radius 2 is 2.25 bits per heavy atom. The number of hydrogen-bond acceptors (Lipinski definition) is 2. The third-order valence-corrected chi connectivity index (χ3v) is 2.91. The maximum atomic E-state index is 13.0. The van der Waals surface area contributed by atoms with Gasteiger partial charge in [0.2, 0.25) is 0 Å². The van der Waals surface area contributed by atoms with E-state index in [-0.39, 0.29) is 5.82 Å². The van der Waals surface area contributed by atoms with E-state index in [1.165, 1.54) is 17.7 Å². The van der Waals surface area contributed by atoms with Crippen LogP contribution in [0, 0.1) is 5.82 Å². The summed E-state index contributed by atoms with van der Waals surface area (Å²) in [6.45, 7) is 1.87. The van der Waals surface area contributed by atoms with Crippen molar-refractivity contribution in [2.24, 2.45) is 0 Å². The molecule has 2 nitrogen and oxygen atoms in total. The molecule has 82 valence electrons. The van der Waals surface area contributed by atoms with E-state index in [9.17, 15) is 4.39 Å². The summed E-state index contributed by atoms with van der Waals surface area (Å²) in [6, 6.07) is 4.67. The molecule has 2 heterocycles. The second-order valence-electron chi connectivity index (χ2n) is 3.98. The Bertz CT molecular complexity index is 556. The fraction of sp³-hybridized carbons (Fsp3) is 0.231. The molecule has 3 rings (SSSR count). The van der Waals surface area contributed by atoms with Crippen molar-refractivity contribution < 1.29 is 8.81 Å². The summed E-state index contributed by atoms with van der Waals surface area (Å²) in [6.07, 6.45) is 4.95. The summed E-state index contributed by atoms with van der Waals surface area (Å²) >= 11 is 0. The molecule has 1 aromatic carbocycles. The maximum Gasteiger partial charge on any atom is 0.137 e. The van der Waals surface area contributed by atoms with Gasteiger partial charge in [0.1, 0.15) is 11.4 Å². The van der Waals surface area contributed by atoms with Gasteiger partial charge in [-0.05, 0) is 30.7 Å². The summed E-state index contributed by atoms with van der Waals surface area (Å²) in [7, 11) is 0. The number of fused-ring (bicyclic) bond motifs is 1. The first kappa shape index (κ1) is 9.60. The fourth-order valence-electron chi connectivity index (χ4n) is 2.10. The molecule has 1 aliphatic rings. The van der Waals surface area contributed by atoms with Crippen LogP contribution in [-0.2, 0) is 0 Å². The fourth-order valence-corrected chi connectivity index (χ4v) is 2.10. The Labute approximate surface area is 92.8 Å². The molecule has 1 N–H and O–H groups in total. The van der Waals surface area contributed by atoms with Crippen molar-refractivity contribution in [2.75, 3.05) is 13.1 Å². The Morgan fingerprint density at radius 1 is 1.31 bits per heavy atom. The summed E-state index contributed by atoms with van der Waals surface area (Å²) in [5.41, 5.74) is 2.92. The zero-order valence-corrected chi connectivity index (χ0v) is 8.79. The average Bonchev–Trinajstić information content (AvgIpc) is 2.73. The molecular formula is C13H12FNO. The molecule has 3 heteroatoms. The van der Waals surface area contributed by atoms with Gasteiger partial charge in [-0.3, -0.25) is 0 Å². The quantitative estimate of drug-likeness (QED) is 0.794. The molecular weight excluding hydrogens is 205 g/mol. The molecule has 1 aliphatic heterocycles. The van der Waals surface area contributed by atoms with E-state index < -0.39 is 0 Å². The highest BCUT2D eigenvalue weighted by Gasteiger charge is 2.12. The van der Waals surface area contributed by atoms with E-state index in [1.807, 2.05) is 0 Å². The van der Waals surface area contributed by atoms with Crippen molar-refractivity contribution in [1.82, 2.24) is 5.32 Å². The first-order valence-electron chi connectivity index (χ1n) is 5.41. The number of halogens is 1. The molecule has 0 unspecified atom stereocenters. The first-order valence-corrected chi connectivity index (χ1v) is 5.41. The first-order chi connectivity index (χ1) is 7.84. The van der Waals surface area contributed by atoms with Crippen molar-refractivity contribution in [3.05, 3.63) is 41.9 Å². The lowest BCUT2D eigenvalue weighted by atomic mass is 10.0. The number of nitrogens with one attached hydrogen (secondary N) is 1. The van der Waals surface area contributed by atoms with Gasteiger partial charge in [-0.2, -0.15) is 0 Å². The third-order valence-electron chi connectivity index (χ3n) is 2.91. The van der Waals surface area contributed by atoms with Crippen LogP contribution < -0.4 is 5.32 Å². The average molecular weight is 217 g/mol. The van der Waals surface area contributed by atoms with Gasteiger partial charge in [0.15, 0.2) is 0 Å². The highest BCUT2D eigenvalue weighted by molar-refractivity contribution is 5.91. The normalized spacial score (nSPS) is 16.4. The third kappa shape index (κ3) is 1.53. The van der Waals surface area contributed by atoms with E-state index in [1.54, 1.807) is 12.3 Å². The Morgan fingerprint density at radius 3 is 3.06 bits per heavy atom. The molecule has 0 aliphatic carbocycles. The topological polar surface area (TPSA) is 25.2 Å². The van der Waals surface area contributed by atoms with Crippen LogP contribution >= 0.6 is 0 Å². The van der Waals surface area contributed by atoms with Crippen LogP contribution in [0.3, 0.4) is 0 Å². The summed E-state index contributed by atoms with van der Waals surface area (Å²) in [5, 5.41) is 4.30. The van der Waals surface area contributed by atoms with Gasteiger partial charge in [0.05, 0.1) is 6.26 Å². The molecule has 0 spiro atoms. The van der Waals surface area contributed by atoms with Crippen molar-refractivity contribution in [3.63, 3.8) is 0 Å². The predicted molar refractivity (Wildman–Crippen MR) is 61.6 cm³/mol. The van der Waals surface area contributed by atoms with Crippen LogP contribution in [-0.4, -0.2) is 13.1 Å². The Hall–Kier alpha value is -1.61. The molecule has 0 amide bonds. The van der Waals surface area contributed by atoms with E-state index in [0.29, 0.717) is 5.58 Å². The summed E-state index contributed by atoms with van der Waals surface area (Å²) in [4.78, 5) is 0. The monoisotopic (exact) mass is 217 g/mol. The lowest BCUT2D eigenvalue weighted by molar-refractivity contribution is 0.598. The predicted octanol–water partition coefficient (Wildman–Crippen LogP) is 2.95. The van der Waals surface area contributed by atoms with Gasteiger partial charge in [-0.25, -0.2) is 4.39 Å². The number of furan rings is 1. The minimum atomic E-state index is -0.260. The Balaban J connectivity index is 2.13. The molecule has 0 atom stereocenters. The molecule has 0 radical (unpaired) electrons. The van der Waals surface area contributed by atoms with Crippen LogP contribution in [0.15, 0.2) is 35.0 Å². The smallest absolute Gasteiger partial charge is 0.137 e. The molecule has 0 bridgehead atoms. The highest BCUT2D eigenvalue weighted by Crippen LogP contribution is 2.28. The van der Waals surface area contributed by atoms with Gasteiger partial charge < -0.3 is 9.73 Å². The van der Waals surface area contributed by atoms with E-state index in [2.05, 4.69) is 11.4 Å². The van der Waals surface area contributed by atoms with Gasteiger partial charge >= 0.3 is 0 Å².